The van der Waals surface area contributed by atoms with Crippen LogP contribution in [0, 0.1) is 21.4 Å². The third-order valence-corrected chi connectivity index (χ3v) is 5.01. The van der Waals surface area contributed by atoms with Crippen molar-refractivity contribution in [1.82, 2.24) is 9.97 Å². The Labute approximate surface area is 190 Å². The first-order chi connectivity index (χ1) is 16.0. The summed E-state index contributed by atoms with van der Waals surface area (Å²) in [6.07, 6.45) is 3.84. The van der Waals surface area contributed by atoms with Gasteiger partial charge in [-0.15, -0.1) is 0 Å². The lowest BCUT2D eigenvalue weighted by atomic mass is 9.93. The van der Waals surface area contributed by atoms with Crippen LogP contribution < -0.4 is 15.4 Å². The molecule has 12 nitrogen and oxygen atoms in total. The third-order valence-electron chi connectivity index (χ3n) is 5.01. The first-order valence-electron chi connectivity index (χ1n) is 10.6. The fraction of sp³-hybridized carbons (Fsp3) is 0.476. The molecule has 33 heavy (non-hydrogen) atoms. The van der Waals surface area contributed by atoms with Crippen molar-refractivity contribution in [1.29, 1.82) is 5.26 Å². The van der Waals surface area contributed by atoms with Gasteiger partial charge in [-0.05, 0) is 37.8 Å². The second kappa shape index (κ2) is 11.9. The quantitative estimate of drug-likeness (QED) is 0.220. The Morgan fingerprint density at radius 2 is 2.12 bits per heavy atom. The van der Waals surface area contributed by atoms with Crippen LogP contribution in [0.1, 0.15) is 31.2 Å². The minimum absolute atomic E-state index is 0.0417. The monoisotopic (exact) mass is 458 g/mol. The fourth-order valence-electron chi connectivity index (χ4n) is 3.45. The number of aliphatic hydroxyl groups excluding tert-OH is 2. The topological polar surface area (TPSA) is 176 Å². The molecule has 1 aliphatic rings. The Kier molecular flexibility index (Phi) is 8.71. The zero-order valence-electron chi connectivity index (χ0n) is 17.9. The van der Waals surface area contributed by atoms with Crippen molar-refractivity contribution in [3.8, 4) is 11.8 Å². The van der Waals surface area contributed by atoms with E-state index in [0.717, 1.165) is 19.3 Å². The summed E-state index contributed by atoms with van der Waals surface area (Å²) in [6.45, 7) is 0.330. The van der Waals surface area contributed by atoms with E-state index in [1.165, 1.54) is 24.4 Å². The molecule has 1 aliphatic carbocycles. The standard InChI is InChI=1S/C21H26N6O6/c22-12-14-4-5-19(23-13-14)25-20-17(27(30)31)11-18(33-9-8-32-7-6-28)21(26-20)24-15-2-1-3-16(29)10-15/h4-5,11,13,15-16,28-29H,1-3,6-10H2,(H2,23,24,25,26). The highest BCUT2D eigenvalue weighted by Crippen LogP contribution is 2.36. The molecule has 2 aromatic rings. The molecule has 1 saturated carbocycles. The van der Waals surface area contributed by atoms with Crippen molar-refractivity contribution in [3.63, 3.8) is 0 Å². The average molecular weight is 458 g/mol. The molecular formula is C21H26N6O6. The van der Waals surface area contributed by atoms with Gasteiger partial charge in [-0.2, -0.15) is 5.26 Å². The highest BCUT2D eigenvalue weighted by molar-refractivity contribution is 5.70. The van der Waals surface area contributed by atoms with Gasteiger partial charge in [0.05, 0.1) is 42.5 Å². The van der Waals surface area contributed by atoms with Crippen molar-refractivity contribution in [2.45, 2.75) is 37.8 Å². The summed E-state index contributed by atoms with van der Waals surface area (Å²) in [7, 11) is 0. The molecule has 3 rings (SSSR count). The summed E-state index contributed by atoms with van der Waals surface area (Å²) < 4.78 is 10.9. The van der Waals surface area contributed by atoms with E-state index in [1.54, 1.807) is 0 Å². The van der Waals surface area contributed by atoms with E-state index < -0.39 is 11.0 Å². The molecule has 0 aliphatic heterocycles. The maximum atomic E-state index is 11.7. The lowest BCUT2D eigenvalue weighted by molar-refractivity contribution is -0.384. The molecular weight excluding hydrogens is 432 g/mol. The van der Waals surface area contributed by atoms with Crippen LogP contribution in [-0.4, -0.2) is 63.7 Å². The van der Waals surface area contributed by atoms with Gasteiger partial charge in [-0.1, -0.05) is 0 Å². The van der Waals surface area contributed by atoms with Crippen LogP contribution in [0.15, 0.2) is 24.4 Å². The number of ether oxygens (including phenoxy) is 2. The Hall–Kier alpha value is -3.53. The Morgan fingerprint density at radius 3 is 2.79 bits per heavy atom. The molecule has 2 heterocycles. The number of anilines is 3. The molecule has 176 valence electrons. The number of nitriles is 1. The first kappa shape index (κ1) is 24.1. The summed E-state index contributed by atoms with van der Waals surface area (Å²) in [5.74, 6) is 0.709. The highest BCUT2D eigenvalue weighted by Gasteiger charge is 2.25. The number of nitrogens with one attached hydrogen (secondary N) is 2. The molecule has 12 heteroatoms. The molecule has 1 fully saturated rings. The minimum atomic E-state index is -0.581. The van der Waals surface area contributed by atoms with Gasteiger partial charge in [-0.3, -0.25) is 10.1 Å². The van der Waals surface area contributed by atoms with Gasteiger partial charge in [0.1, 0.15) is 18.5 Å². The van der Waals surface area contributed by atoms with E-state index in [-0.39, 0.29) is 61.4 Å². The van der Waals surface area contributed by atoms with Crippen LogP contribution >= 0.6 is 0 Å². The summed E-state index contributed by atoms with van der Waals surface area (Å²) in [6, 6.07) is 6.22. The molecule has 0 aromatic carbocycles. The van der Waals surface area contributed by atoms with E-state index in [1.807, 2.05) is 6.07 Å². The van der Waals surface area contributed by atoms with Crippen LogP contribution in [0.2, 0.25) is 0 Å². The van der Waals surface area contributed by atoms with Crippen molar-refractivity contribution < 1.29 is 24.6 Å². The maximum Gasteiger partial charge on any atom is 0.315 e. The predicted molar refractivity (Wildman–Crippen MR) is 118 cm³/mol. The smallest absolute Gasteiger partial charge is 0.315 e. The molecule has 0 spiro atoms. The average Bonchev–Trinajstić information content (AvgIpc) is 2.80. The van der Waals surface area contributed by atoms with Gasteiger partial charge in [0.25, 0.3) is 0 Å². The Balaban J connectivity index is 1.88. The van der Waals surface area contributed by atoms with E-state index in [2.05, 4.69) is 20.6 Å². The van der Waals surface area contributed by atoms with Gasteiger partial charge < -0.3 is 30.3 Å². The second-order valence-electron chi connectivity index (χ2n) is 7.48. The molecule has 0 bridgehead atoms. The molecule has 2 unspecified atom stereocenters. The SMILES string of the molecule is N#Cc1ccc(Nc2nc(NC3CCCC(O)C3)c(OCCOCCO)cc2[N+](=O)[O-])nc1. The normalized spacial score (nSPS) is 17.7. The van der Waals surface area contributed by atoms with Crippen LogP contribution in [0.3, 0.4) is 0 Å². The largest absolute Gasteiger partial charge is 0.487 e. The van der Waals surface area contributed by atoms with Gasteiger partial charge in [0, 0.05) is 12.2 Å². The number of aromatic nitrogens is 2. The van der Waals surface area contributed by atoms with Crippen molar-refractivity contribution in [3.05, 3.63) is 40.1 Å². The number of nitrogens with zero attached hydrogens (tertiary/aromatic N) is 4. The maximum absolute atomic E-state index is 11.7. The molecule has 2 atom stereocenters. The number of hydrogen-bond acceptors (Lipinski definition) is 11. The molecule has 2 aromatic heterocycles. The second-order valence-corrected chi connectivity index (χ2v) is 7.48. The van der Waals surface area contributed by atoms with E-state index >= 15 is 0 Å². The first-order valence-corrected chi connectivity index (χ1v) is 10.6. The zero-order valence-corrected chi connectivity index (χ0v) is 17.9. The van der Waals surface area contributed by atoms with Crippen molar-refractivity contribution >= 4 is 23.1 Å². The summed E-state index contributed by atoms with van der Waals surface area (Å²) in [5, 5.41) is 45.5. The fourth-order valence-corrected chi connectivity index (χ4v) is 3.45. The van der Waals surface area contributed by atoms with Gasteiger partial charge in [-0.25, -0.2) is 9.97 Å². The lowest BCUT2D eigenvalue weighted by Crippen LogP contribution is -2.30. The minimum Gasteiger partial charge on any atom is -0.487 e. The number of rotatable bonds is 11. The van der Waals surface area contributed by atoms with Crippen LogP contribution in [0.5, 0.6) is 5.75 Å². The summed E-state index contributed by atoms with van der Waals surface area (Å²) in [4.78, 5) is 19.6. The van der Waals surface area contributed by atoms with E-state index in [0.29, 0.717) is 12.0 Å². The molecule has 4 N–H and O–H groups in total. The molecule has 0 saturated heterocycles. The number of nitro groups is 1. The summed E-state index contributed by atoms with van der Waals surface area (Å²) >= 11 is 0. The third kappa shape index (κ3) is 6.98. The van der Waals surface area contributed by atoms with Gasteiger partial charge in [0.2, 0.25) is 5.82 Å². The van der Waals surface area contributed by atoms with E-state index in [4.69, 9.17) is 19.8 Å². The zero-order chi connectivity index (χ0) is 23.6. The Morgan fingerprint density at radius 1 is 1.27 bits per heavy atom. The number of pyridine rings is 2. The molecule has 0 amide bonds. The van der Waals surface area contributed by atoms with Crippen LogP contribution in [0.4, 0.5) is 23.1 Å². The van der Waals surface area contributed by atoms with Crippen LogP contribution in [-0.2, 0) is 4.74 Å². The predicted octanol–water partition coefficient (Wildman–Crippen LogP) is 2.10. The lowest BCUT2D eigenvalue weighted by Gasteiger charge is -2.27. The highest BCUT2D eigenvalue weighted by atomic mass is 16.6. The van der Waals surface area contributed by atoms with Gasteiger partial charge in [0.15, 0.2) is 11.6 Å². The van der Waals surface area contributed by atoms with Crippen molar-refractivity contribution in [2.24, 2.45) is 0 Å². The number of hydrogen-bond donors (Lipinski definition) is 4. The number of aliphatic hydroxyl groups is 2. The van der Waals surface area contributed by atoms with Crippen molar-refractivity contribution in [2.75, 3.05) is 37.1 Å². The molecule has 0 radical (unpaired) electrons. The van der Waals surface area contributed by atoms with E-state index in [9.17, 15) is 15.2 Å². The Bertz CT molecular complexity index is 980. The summed E-state index contributed by atoms with van der Waals surface area (Å²) in [5.41, 5.74) is 0.0371. The van der Waals surface area contributed by atoms with Crippen LogP contribution in [0.25, 0.3) is 0 Å². The van der Waals surface area contributed by atoms with Gasteiger partial charge >= 0.3 is 5.69 Å².